The normalized spacial score (nSPS) is 11.4. The van der Waals surface area contributed by atoms with Crippen LogP contribution in [0.15, 0.2) is 61.2 Å². The Kier molecular flexibility index (Phi) is 5.30. The molecule has 0 bridgehead atoms. The molecule has 0 unspecified atom stereocenters. The van der Waals surface area contributed by atoms with E-state index < -0.39 is 5.97 Å². The molecule has 130 valence electrons. The maximum absolute atomic E-state index is 12.2. The summed E-state index contributed by atoms with van der Waals surface area (Å²) in [5.41, 5.74) is 1.07. The molecule has 1 aromatic carbocycles. The van der Waals surface area contributed by atoms with Gasteiger partial charge in [0.2, 0.25) is 0 Å². The summed E-state index contributed by atoms with van der Waals surface area (Å²) in [5, 5.41) is 0. The fraction of sp³-hybridized carbons (Fsp3) is 0.150. The molecule has 1 atom stereocenters. The molecular weight excluding hydrogens is 330 g/mol. The van der Waals surface area contributed by atoms with Crippen LogP contribution in [0.2, 0.25) is 0 Å². The highest BCUT2D eigenvalue weighted by molar-refractivity contribution is 5.87. The molecule has 2 aromatic heterocycles. The van der Waals surface area contributed by atoms with Crippen molar-refractivity contribution in [1.82, 2.24) is 14.5 Å². The first-order valence-corrected chi connectivity index (χ1v) is 8.00. The smallest absolute Gasteiger partial charge is 0.357 e. The predicted molar refractivity (Wildman–Crippen MR) is 95.8 cm³/mol. The molecule has 0 aliphatic carbocycles. The van der Waals surface area contributed by atoms with E-state index in [4.69, 9.17) is 15.9 Å². The second kappa shape index (κ2) is 7.99. The summed E-state index contributed by atoms with van der Waals surface area (Å²) in [6, 6.07) is 12.4. The van der Waals surface area contributed by atoms with Crippen molar-refractivity contribution >= 4 is 5.97 Å². The van der Waals surface area contributed by atoms with E-state index in [0.29, 0.717) is 11.6 Å². The number of hydrogen-bond acceptors (Lipinski definition) is 5. The molecule has 3 rings (SSSR count). The molecule has 6 heteroatoms. The van der Waals surface area contributed by atoms with Gasteiger partial charge in [0, 0.05) is 12.4 Å². The standard InChI is InChI=1S/C20H17N3O3/c1-3-15(2)26-17-9-7-16(8-10-17)13-25-20(24)18-5-4-6-19(22-18)23-12-11-21-14-23/h1,4-12,14-15H,13H2,2H3/t15-/m1/s1. The second-order valence-electron chi connectivity index (χ2n) is 5.50. The van der Waals surface area contributed by atoms with Crippen molar-refractivity contribution < 1.29 is 14.3 Å². The van der Waals surface area contributed by atoms with Crippen LogP contribution >= 0.6 is 0 Å². The van der Waals surface area contributed by atoms with E-state index in [1.54, 1.807) is 60.5 Å². The number of ether oxygens (including phenoxy) is 2. The van der Waals surface area contributed by atoms with Crippen LogP contribution in [0, 0.1) is 12.3 Å². The van der Waals surface area contributed by atoms with Gasteiger partial charge in [-0.2, -0.15) is 0 Å². The number of pyridine rings is 1. The average molecular weight is 347 g/mol. The van der Waals surface area contributed by atoms with Crippen molar-refractivity contribution in [2.75, 3.05) is 0 Å². The van der Waals surface area contributed by atoms with E-state index in [1.807, 2.05) is 12.1 Å². The number of rotatable bonds is 6. The van der Waals surface area contributed by atoms with Crippen LogP contribution in [0.3, 0.4) is 0 Å². The van der Waals surface area contributed by atoms with Gasteiger partial charge < -0.3 is 9.47 Å². The Morgan fingerprint density at radius 2 is 2.08 bits per heavy atom. The minimum atomic E-state index is -0.492. The number of aromatic nitrogens is 3. The minimum Gasteiger partial charge on any atom is -0.478 e. The first kappa shape index (κ1) is 17.2. The molecular formula is C20H17N3O3. The first-order valence-electron chi connectivity index (χ1n) is 8.00. The Balaban J connectivity index is 1.61. The van der Waals surface area contributed by atoms with Crippen LogP contribution in [-0.4, -0.2) is 26.6 Å². The summed E-state index contributed by atoms with van der Waals surface area (Å²) in [5.74, 6) is 3.27. The largest absolute Gasteiger partial charge is 0.478 e. The van der Waals surface area contributed by atoms with Gasteiger partial charge >= 0.3 is 5.97 Å². The zero-order chi connectivity index (χ0) is 18.4. The maximum atomic E-state index is 12.2. The first-order chi connectivity index (χ1) is 12.7. The fourth-order valence-electron chi connectivity index (χ4n) is 2.20. The van der Waals surface area contributed by atoms with Gasteiger partial charge in [-0.05, 0) is 36.8 Å². The van der Waals surface area contributed by atoms with Crippen LogP contribution in [0.1, 0.15) is 23.0 Å². The lowest BCUT2D eigenvalue weighted by Gasteiger charge is -2.10. The Morgan fingerprint density at radius 3 is 2.77 bits per heavy atom. The van der Waals surface area contributed by atoms with Crippen LogP contribution in [0.5, 0.6) is 5.75 Å². The van der Waals surface area contributed by atoms with Crippen LogP contribution in [0.25, 0.3) is 5.82 Å². The summed E-state index contributed by atoms with van der Waals surface area (Å²) < 4.78 is 12.5. The quantitative estimate of drug-likeness (QED) is 0.506. The Bertz CT molecular complexity index is 912. The highest BCUT2D eigenvalue weighted by atomic mass is 16.5. The highest BCUT2D eigenvalue weighted by Crippen LogP contribution is 2.15. The van der Waals surface area contributed by atoms with Gasteiger partial charge in [-0.3, -0.25) is 4.57 Å². The maximum Gasteiger partial charge on any atom is 0.357 e. The van der Waals surface area contributed by atoms with E-state index in [9.17, 15) is 4.79 Å². The van der Waals surface area contributed by atoms with E-state index in [0.717, 1.165) is 5.56 Å². The predicted octanol–water partition coefficient (Wildman–Crippen LogP) is 3.02. The molecule has 26 heavy (non-hydrogen) atoms. The number of imidazole rings is 1. The van der Waals surface area contributed by atoms with Gasteiger partial charge in [-0.25, -0.2) is 14.8 Å². The molecule has 0 fully saturated rings. The molecule has 0 N–H and O–H groups in total. The van der Waals surface area contributed by atoms with Crippen molar-refractivity contribution in [2.45, 2.75) is 19.6 Å². The Morgan fingerprint density at radius 1 is 1.27 bits per heavy atom. The third-order valence-electron chi connectivity index (χ3n) is 3.55. The van der Waals surface area contributed by atoms with E-state index in [1.165, 1.54) is 0 Å². The van der Waals surface area contributed by atoms with Crippen LogP contribution in [0.4, 0.5) is 0 Å². The number of carbonyl (C=O) groups excluding carboxylic acids is 1. The van der Waals surface area contributed by atoms with Gasteiger partial charge in [0.15, 0.2) is 11.8 Å². The Labute approximate surface area is 151 Å². The summed E-state index contributed by atoms with van der Waals surface area (Å²) in [6.45, 7) is 1.93. The zero-order valence-corrected chi connectivity index (χ0v) is 14.2. The third-order valence-corrected chi connectivity index (χ3v) is 3.55. The van der Waals surface area contributed by atoms with Gasteiger partial charge in [0.25, 0.3) is 0 Å². The monoisotopic (exact) mass is 347 g/mol. The van der Waals surface area contributed by atoms with Gasteiger partial charge in [-0.15, -0.1) is 6.42 Å². The Hall–Kier alpha value is -3.59. The minimum absolute atomic E-state index is 0.140. The highest BCUT2D eigenvalue weighted by Gasteiger charge is 2.11. The molecule has 0 saturated heterocycles. The molecule has 3 aromatic rings. The van der Waals surface area contributed by atoms with Gasteiger partial charge in [-0.1, -0.05) is 24.1 Å². The fourth-order valence-corrected chi connectivity index (χ4v) is 2.20. The SMILES string of the molecule is C#C[C@@H](C)Oc1ccc(COC(=O)c2cccc(-n3ccnc3)n2)cc1. The summed E-state index contributed by atoms with van der Waals surface area (Å²) in [6.07, 6.45) is 9.99. The molecule has 0 radical (unpaired) electrons. The number of hydrogen-bond donors (Lipinski definition) is 0. The molecule has 0 spiro atoms. The van der Waals surface area contributed by atoms with E-state index in [2.05, 4.69) is 15.9 Å². The van der Waals surface area contributed by atoms with Gasteiger partial charge in [0.1, 0.15) is 24.5 Å². The summed E-state index contributed by atoms with van der Waals surface area (Å²) in [4.78, 5) is 20.5. The molecule has 0 aliphatic heterocycles. The summed E-state index contributed by atoms with van der Waals surface area (Å²) >= 11 is 0. The molecule has 0 amide bonds. The van der Waals surface area contributed by atoms with Crippen LogP contribution < -0.4 is 4.74 Å². The van der Waals surface area contributed by atoms with Crippen molar-refractivity contribution in [3.63, 3.8) is 0 Å². The number of esters is 1. The topological polar surface area (TPSA) is 66.2 Å². The van der Waals surface area contributed by atoms with E-state index >= 15 is 0 Å². The lowest BCUT2D eigenvalue weighted by Crippen LogP contribution is -2.09. The second-order valence-corrected chi connectivity index (χ2v) is 5.50. The number of benzene rings is 1. The number of terminal acetylenes is 1. The molecule has 0 saturated carbocycles. The summed E-state index contributed by atoms with van der Waals surface area (Å²) in [7, 11) is 0. The average Bonchev–Trinajstić information content (AvgIpc) is 3.22. The third kappa shape index (κ3) is 4.28. The number of nitrogens with zero attached hydrogens (tertiary/aromatic N) is 3. The number of carbonyl (C=O) groups is 1. The van der Waals surface area contributed by atoms with Crippen molar-refractivity contribution in [3.05, 3.63) is 72.4 Å². The lowest BCUT2D eigenvalue weighted by molar-refractivity contribution is 0.0465. The van der Waals surface area contributed by atoms with E-state index in [-0.39, 0.29) is 18.4 Å². The molecule has 2 heterocycles. The van der Waals surface area contributed by atoms with Crippen LogP contribution in [-0.2, 0) is 11.3 Å². The molecule has 0 aliphatic rings. The lowest BCUT2D eigenvalue weighted by atomic mass is 10.2. The van der Waals surface area contributed by atoms with Crippen molar-refractivity contribution in [1.29, 1.82) is 0 Å². The zero-order valence-electron chi connectivity index (χ0n) is 14.2. The van der Waals surface area contributed by atoms with Crippen molar-refractivity contribution in [2.24, 2.45) is 0 Å². The van der Waals surface area contributed by atoms with Crippen molar-refractivity contribution in [3.8, 4) is 23.9 Å². The molecule has 6 nitrogen and oxygen atoms in total. The van der Waals surface area contributed by atoms with Gasteiger partial charge in [0.05, 0.1) is 0 Å².